The number of nitrogens with zero attached hydrogens (tertiary/aromatic N) is 1. The van der Waals surface area contributed by atoms with Crippen molar-refractivity contribution in [1.29, 1.82) is 0 Å². The maximum Gasteiger partial charge on any atom is 0.416 e. The van der Waals surface area contributed by atoms with E-state index in [0.29, 0.717) is 55.8 Å². The van der Waals surface area contributed by atoms with Crippen LogP contribution < -0.4 is 4.74 Å². The van der Waals surface area contributed by atoms with E-state index in [2.05, 4.69) is 0 Å². The number of ether oxygens (including phenoxy) is 1. The second-order valence-corrected chi connectivity index (χ2v) is 9.58. The first-order chi connectivity index (χ1) is 16.9. The Labute approximate surface area is 204 Å². The summed E-state index contributed by atoms with van der Waals surface area (Å²) in [5, 5.41) is 9.25. The highest BCUT2D eigenvalue weighted by molar-refractivity contribution is 5.68. The number of halogens is 6. The lowest BCUT2D eigenvalue weighted by molar-refractivity contribution is -0.142. The molecule has 2 aliphatic rings. The van der Waals surface area contributed by atoms with Crippen molar-refractivity contribution in [2.24, 2.45) is 5.92 Å². The molecule has 10 heteroatoms. The Hall–Kier alpha value is -2.75. The van der Waals surface area contributed by atoms with Gasteiger partial charge in [0.25, 0.3) is 0 Å². The molecule has 2 aromatic carbocycles. The third-order valence-corrected chi connectivity index (χ3v) is 6.84. The molecular formula is C26H27F6NO3. The molecule has 196 valence electrons. The lowest BCUT2D eigenvalue weighted by Gasteiger charge is -2.33. The fourth-order valence-corrected chi connectivity index (χ4v) is 4.86. The van der Waals surface area contributed by atoms with Crippen molar-refractivity contribution in [2.75, 3.05) is 13.1 Å². The van der Waals surface area contributed by atoms with Crippen LogP contribution in [0.3, 0.4) is 0 Å². The maximum atomic E-state index is 13.4. The first kappa shape index (κ1) is 26.3. The second-order valence-electron chi connectivity index (χ2n) is 9.58. The summed E-state index contributed by atoms with van der Waals surface area (Å²) in [5.41, 5.74) is -1.64. The maximum absolute atomic E-state index is 13.4. The predicted octanol–water partition coefficient (Wildman–Crippen LogP) is 6.74. The zero-order valence-corrected chi connectivity index (χ0v) is 19.4. The van der Waals surface area contributed by atoms with Gasteiger partial charge in [-0.1, -0.05) is 12.1 Å². The van der Waals surface area contributed by atoms with Gasteiger partial charge in [-0.3, -0.25) is 9.69 Å². The summed E-state index contributed by atoms with van der Waals surface area (Å²) in [7, 11) is 0. The third kappa shape index (κ3) is 6.72. The molecule has 1 aliphatic heterocycles. The summed E-state index contributed by atoms with van der Waals surface area (Å²) < 4.78 is 85.5. The van der Waals surface area contributed by atoms with Crippen LogP contribution in [0, 0.1) is 5.92 Å². The monoisotopic (exact) mass is 515 g/mol. The molecule has 0 bridgehead atoms. The van der Waals surface area contributed by atoms with Crippen LogP contribution >= 0.6 is 0 Å². The minimum atomic E-state index is -4.75. The van der Waals surface area contributed by atoms with Crippen LogP contribution in [0.4, 0.5) is 26.3 Å². The lowest BCUT2D eigenvalue weighted by Crippen LogP contribution is -2.38. The van der Waals surface area contributed by atoms with Gasteiger partial charge >= 0.3 is 18.3 Å². The van der Waals surface area contributed by atoms with Gasteiger partial charge in [-0.05, 0) is 79.0 Å². The summed E-state index contributed by atoms with van der Waals surface area (Å²) in [6.07, 6.45) is -6.59. The molecule has 1 saturated carbocycles. The van der Waals surface area contributed by atoms with E-state index < -0.39 is 35.0 Å². The van der Waals surface area contributed by atoms with Crippen LogP contribution in [0.15, 0.2) is 42.5 Å². The number of benzene rings is 2. The van der Waals surface area contributed by atoms with Crippen LogP contribution in [0.25, 0.3) is 0 Å². The molecule has 4 nitrogen and oxygen atoms in total. The van der Waals surface area contributed by atoms with E-state index in [-0.39, 0.29) is 25.0 Å². The third-order valence-electron chi connectivity index (χ3n) is 6.84. The lowest BCUT2D eigenvalue weighted by atomic mass is 9.91. The number of alkyl halides is 6. The Kier molecular flexibility index (Phi) is 7.54. The van der Waals surface area contributed by atoms with Crippen LogP contribution in [0.5, 0.6) is 5.75 Å². The van der Waals surface area contributed by atoms with E-state index in [9.17, 15) is 36.2 Å². The van der Waals surface area contributed by atoms with E-state index >= 15 is 0 Å². The average molecular weight is 515 g/mol. The summed E-state index contributed by atoms with van der Waals surface area (Å²) in [6.45, 7) is 0.516. The molecule has 1 saturated heterocycles. The van der Waals surface area contributed by atoms with Crippen molar-refractivity contribution in [3.8, 4) is 5.75 Å². The minimum Gasteiger partial charge on any atom is -0.490 e. The smallest absolute Gasteiger partial charge is 0.416 e. The standard InChI is InChI=1S/C26H27F6NO3/c27-25(28,29)19-6-7-23(26(30,31)32)18(12-19)15-33-10-8-20(9-11-33)36-21-3-1-2-17(13-21)22(14-24(34)35)16-4-5-16/h1-3,6-7,12-13,16,20,22H,4-5,8-11,14-15H2,(H,34,35)/t22-/m0/s1. The first-order valence-electron chi connectivity index (χ1n) is 11.9. The van der Waals surface area contributed by atoms with Gasteiger partial charge in [0.05, 0.1) is 17.5 Å². The zero-order chi connectivity index (χ0) is 26.1. The summed E-state index contributed by atoms with van der Waals surface area (Å²) in [4.78, 5) is 13.0. The molecule has 0 amide bonds. The Balaban J connectivity index is 1.38. The van der Waals surface area contributed by atoms with Crippen LogP contribution in [0.2, 0.25) is 0 Å². The summed E-state index contributed by atoms with van der Waals surface area (Å²) in [6, 6.07) is 8.92. The number of carbonyl (C=O) groups is 1. The van der Waals surface area contributed by atoms with Crippen molar-refractivity contribution >= 4 is 5.97 Å². The van der Waals surface area contributed by atoms with Crippen molar-refractivity contribution in [2.45, 2.75) is 63.0 Å². The van der Waals surface area contributed by atoms with Crippen LogP contribution in [-0.4, -0.2) is 35.2 Å². The average Bonchev–Trinajstić information content (AvgIpc) is 3.63. The molecule has 0 aromatic heterocycles. The quantitative estimate of drug-likeness (QED) is 0.396. The molecular weight excluding hydrogens is 488 g/mol. The summed E-state index contributed by atoms with van der Waals surface area (Å²) in [5.74, 6) is 0.0551. The van der Waals surface area contributed by atoms with Gasteiger partial charge in [0.15, 0.2) is 0 Å². The number of piperidine rings is 1. The molecule has 1 atom stereocenters. The largest absolute Gasteiger partial charge is 0.490 e. The number of carboxylic acid groups (broad SMARTS) is 1. The van der Waals surface area contributed by atoms with Crippen molar-refractivity contribution in [1.82, 2.24) is 4.90 Å². The van der Waals surface area contributed by atoms with E-state index in [0.717, 1.165) is 18.4 Å². The molecule has 4 rings (SSSR count). The molecule has 36 heavy (non-hydrogen) atoms. The number of hydrogen-bond acceptors (Lipinski definition) is 3. The zero-order valence-electron chi connectivity index (χ0n) is 19.4. The second kappa shape index (κ2) is 10.3. The molecule has 0 radical (unpaired) electrons. The fraction of sp³-hybridized carbons (Fsp3) is 0.500. The SMILES string of the molecule is O=C(O)C[C@H](c1cccc(OC2CCN(Cc3cc(C(F)(F)F)ccc3C(F)(F)F)CC2)c1)C1CC1. The molecule has 2 fully saturated rings. The Morgan fingerprint density at radius 3 is 2.25 bits per heavy atom. The predicted molar refractivity (Wildman–Crippen MR) is 120 cm³/mol. The van der Waals surface area contributed by atoms with Crippen LogP contribution in [-0.2, 0) is 23.7 Å². The minimum absolute atomic E-state index is 0.0575. The molecule has 0 spiro atoms. The highest BCUT2D eigenvalue weighted by atomic mass is 19.4. The van der Waals surface area contributed by atoms with Gasteiger partial charge in [0.2, 0.25) is 0 Å². The van der Waals surface area contributed by atoms with Crippen molar-refractivity contribution < 1.29 is 41.0 Å². The normalized spacial score (nSPS) is 18.7. The van der Waals surface area contributed by atoms with Gasteiger partial charge in [-0.2, -0.15) is 26.3 Å². The van der Waals surface area contributed by atoms with Crippen molar-refractivity contribution in [3.63, 3.8) is 0 Å². The molecule has 0 unspecified atom stereocenters. The fourth-order valence-electron chi connectivity index (χ4n) is 4.86. The molecule has 1 aliphatic carbocycles. The Morgan fingerprint density at radius 2 is 1.67 bits per heavy atom. The molecule has 1 heterocycles. The first-order valence-corrected chi connectivity index (χ1v) is 11.9. The van der Waals surface area contributed by atoms with E-state index in [1.807, 2.05) is 18.2 Å². The van der Waals surface area contributed by atoms with E-state index in [1.165, 1.54) is 0 Å². The highest BCUT2D eigenvalue weighted by Gasteiger charge is 2.38. The number of aliphatic carboxylic acids is 1. The molecule has 2 aromatic rings. The van der Waals surface area contributed by atoms with Crippen LogP contribution in [0.1, 0.15) is 60.3 Å². The summed E-state index contributed by atoms with van der Waals surface area (Å²) >= 11 is 0. The Morgan fingerprint density at radius 1 is 0.972 bits per heavy atom. The molecule has 1 N–H and O–H groups in total. The Bertz CT molecular complexity index is 1070. The van der Waals surface area contributed by atoms with Gasteiger partial charge in [0, 0.05) is 19.6 Å². The topological polar surface area (TPSA) is 49.8 Å². The van der Waals surface area contributed by atoms with Gasteiger partial charge in [0.1, 0.15) is 11.9 Å². The number of hydrogen-bond donors (Lipinski definition) is 1. The van der Waals surface area contributed by atoms with Crippen molar-refractivity contribution in [3.05, 3.63) is 64.7 Å². The highest BCUT2D eigenvalue weighted by Crippen LogP contribution is 2.45. The van der Waals surface area contributed by atoms with Gasteiger partial charge in [-0.25, -0.2) is 0 Å². The van der Waals surface area contributed by atoms with Gasteiger partial charge < -0.3 is 9.84 Å². The van der Waals surface area contributed by atoms with Gasteiger partial charge in [-0.15, -0.1) is 0 Å². The van der Waals surface area contributed by atoms with E-state index in [1.54, 1.807) is 11.0 Å². The number of carboxylic acids is 1. The van der Waals surface area contributed by atoms with E-state index in [4.69, 9.17) is 4.74 Å². The number of likely N-dealkylation sites (tertiary alicyclic amines) is 1. The number of rotatable bonds is 8.